The Balaban J connectivity index is 1.54. The fourth-order valence-corrected chi connectivity index (χ4v) is 3.42. The summed E-state index contributed by atoms with van der Waals surface area (Å²) in [5, 5.41) is 7.31. The van der Waals surface area contributed by atoms with E-state index in [9.17, 15) is 0 Å². The van der Waals surface area contributed by atoms with Gasteiger partial charge < -0.3 is 24.2 Å². The van der Waals surface area contributed by atoms with Crippen LogP contribution in [-0.2, 0) is 11.3 Å². The van der Waals surface area contributed by atoms with Crippen LogP contribution in [0.3, 0.4) is 0 Å². The molecule has 2 aromatic rings. The molecule has 1 N–H and O–H groups in total. The predicted octanol–water partition coefficient (Wildman–Crippen LogP) is 2.74. The van der Waals surface area contributed by atoms with Gasteiger partial charge in [0, 0.05) is 32.7 Å². The van der Waals surface area contributed by atoms with E-state index >= 15 is 0 Å². The lowest BCUT2D eigenvalue weighted by Gasteiger charge is -2.21. The summed E-state index contributed by atoms with van der Waals surface area (Å²) in [6.45, 7) is 6.77. The van der Waals surface area contributed by atoms with E-state index in [-0.39, 0.29) is 6.10 Å². The topological polar surface area (TPSA) is 85.0 Å². The molecule has 0 radical (unpaired) electrons. The number of ether oxygens (including phenoxy) is 2. The van der Waals surface area contributed by atoms with Crippen LogP contribution in [-0.4, -0.2) is 54.9 Å². The Bertz CT molecular complexity index is 774. The third-order valence-corrected chi connectivity index (χ3v) is 4.95. The van der Waals surface area contributed by atoms with Gasteiger partial charge in [0.25, 0.3) is 0 Å². The van der Waals surface area contributed by atoms with Crippen molar-refractivity contribution in [2.24, 2.45) is 4.99 Å². The highest BCUT2D eigenvalue weighted by Gasteiger charge is 2.26. The van der Waals surface area contributed by atoms with Crippen molar-refractivity contribution in [3.63, 3.8) is 0 Å². The van der Waals surface area contributed by atoms with Crippen LogP contribution in [0.4, 0.5) is 0 Å². The van der Waals surface area contributed by atoms with Gasteiger partial charge in [-0.05, 0) is 38.0 Å². The van der Waals surface area contributed by atoms with Gasteiger partial charge in [-0.3, -0.25) is 4.99 Å². The number of likely N-dealkylation sites (tertiary alicyclic amines) is 1. The minimum absolute atomic E-state index is 0.175. The monoisotopic (exact) mass is 387 g/mol. The van der Waals surface area contributed by atoms with Crippen LogP contribution in [0.1, 0.15) is 49.6 Å². The van der Waals surface area contributed by atoms with E-state index in [0.717, 1.165) is 31.2 Å². The van der Waals surface area contributed by atoms with Gasteiger partial charge in [0.1, 0.15) is 11.9 Å². The molecule has 8 heteroatoms. The average molecular weight is 387 g/mol. The largest absolute Gasteiger partial charge is 0.497 e. The number of aliphatic imine (C=N–C) groups is 1. The number of nitrogens with one attached hydrogen (secondary N) is 1. The SMILES string of the molecule is CCOC(C)c1noc(CNC(=NC)N2CCC(c3ccc(OC)cc3)C2)n1. The molecule has 0 aliphatic carbocycles. The Kier molecular flexibility index (Phi) is 6.86. The first-order chi connectivity index (χ1) is 13.6. The van der Waals surface area contributed by atoms with E-state index in [2.05, 4.69) is 37.5 Å². The molecule has 0 amide bonds. The fourth-order valence-electron chi connectivity index (χ4n) is 3.42. The van der Waals surface area contributed by atoms with Crippen molar-refractivity contribution in [3.8, 4) is 5.75 Å². The molecular formula is C20H29N5O3. The van der Waals surface area contributed by atoms with Crippen molar-refractivity contribution in [2.45, 2.75) is 38.8 Å². The maximum atomic E-state index is 5.49. The summed E-state index contributed by atoms with van der Waals surface area (Å²) >= 11 is 0. The highest BCUT2D eigenvalue weighted by atomic mass is 16.5. The molecule has 1 fully saturated rings. The second-order valence-electron chi connectivity index (χ2n) is 6.75. The Morgan fingerprint density at radius 1 is 1.39 bits per heavy atom. The van der Waals surface area contributed by atoms with Gasteiger partial charge in [-0.15, -0.1) is 0 Å². The van der Waals surface area contributed by atoms with Gasteiger partial charge in [0.2, 0.25) is 5.89 Å². The minimum atomic E-state index is -0.175. The zero-order chi connectivity index (χ0) is 19.9. The molecular weight excluding hydrogens is 358 g/mol. The molecule has 1 aromatic carbocycles. The molecule has 8 nitrogen and oxygen atoms in total. The maximum absolute atomic E-state index is 5.49. The summed E-state index contributed by atoms with van der Waals surface area (Å²) < 4.78 is 16.1. The molecule has 0 spiro atoms. The third-order valence-electron chi connectivity index (χ3n) is 4.95. The molecule has 1 saturated heterocycles. The van der Waals surface area contributed by atoms with Crippen LogP contribution in [0.25, 0.3) is 0 Å². The molecule has 152 valence electrons. The number of hydrogen-bond donors (Lipinski definition) is 1. The predicted molar refractivity (Wildman–Crippen MR) is 106 cm³/mol. The summed E-state index contributed by atoms with van der Waals surface area (Å²) in [5.74, 6) is 3.29. The van der Waals surface area contributed by atoms with Crippen LogP contribution in [0.15, 0.2) is 33.8 Å². The average Bonchev–Trinajstić information content (AvgIpc) is 3.39. The molecule has 3 rings (SSSR count). The zero-order valence-electron chi connectivity index (χ0n) is 17.0. The number of nitrogens with zero attached hydrogens (tertiary/aromatic N) is 4. The highest BCUT2D eigenvalue weighted by Crippen LogP contribution is 2.28. The third kappa shape index (κ3) is 4.81. The van der Waals surface area contributed by atoms with Crippen LogP contribution in [0.2, 0.25) is 0 Å². The van der Waals surface area contributed by atoms with Gasteiger partial charge in [0.15, 0.2) is 11.8 Å². The van der Waals surface area contributed by atoms with E-state index in [1.807, 2.05) is 26.0 Å². The Labute approximate surface area is 165 Å². The maximum Gasteiger partial charge on any atom is 0.246 e. The second-order valence-corrected chi connectivity index (χ2v) is 6.75. The molecule has 0 saturated carbocycles. The quantitative estimate of drug-likeness (QED) is 0.577. The first-order valence-corrected chi connectivity index (χ1v) is 9.68. The van der Waals surface area contributed by atoms with E-state index in [1.54, 1.807) is 14.2 Å². The number of aromatic nitrogens is 2. The lowest BCUT2D eigenvalue weighted by Crippen LogP contribution is -2.39. The van der Waals surface area contributed by atoms with Crippen LogP contribution in [0.5, 0.6) is 5.75 Å². The van der Waals surface area contributed by atoms with Crippen LogP contribution < -0.4 is 10.1 Å². The van der Waals surface area contributed by atoms with E-state index in [1.165, 1.54) is 5.56 Å². The van der Waals surface area contributed by atoms with Crippen molar-refractivity contribution in [2.75, 3.05) is 33.9 Å². The zero-order valence-corrected chi connectivity index (χ0v) is 17.0. The Hall–Kier alpha value is -2.61. The molecule has 2 unspecified atom stereocenters. The summed E-state index contributed by atoms with van der Waals surface area (Å²) in [5.41, 5.74) is 1.32. The number of hydrogen-bond acceptors (Lipinski definition) is 6. The van der Waals surface area contributed by atoms with Crippen molar-refractivity contribution in [1.29, 1.82) is 0 Å². The summed E-state index contributed by atoms with van der Waals surface area (Å²) in [6, 6.07) is 8.31. The summed E-state index contributed by atoms with van der Waals surface area (Å²) in [4.78, 5) is 11.1. The fraction of sp³-hybridized carbons (Fsp3) is 0.550. The van der Waals surface area contributed by atoms with Crippen molar-refractivity contribution < 1.29 is 14.0 Å². The van der Waals surface area contributed by atoms with Gasteiger partial charge >= 0.3 is 0 Å². The number of rotatable bonds is 7. The van der Waals surface area contributed by atoms with Crippen molar-refractivity contribution in [3.05, 3.63) is 41.5 Å². The Morgan fingerprint density at radius 2 is 2.18 bits per heavy atom. The van der Waals surface area contributed by atoms with Gasteiger partial charge in [-0.25, -0.2) is 0 Å². The standard InChI is InChI=1S/C20H29N5O3/c1-5-27-14(2)19-23-18(28-24-19)12-22-20(21-3)25-11-10-16(13-25)15-6-8-17(26-4)9-7-15/h6-9,14,16H,5,10-13H2,1-4H3,(H,21,22). The van der Waals surface area contributed by atoms with Gasteiger partial charge in [0.05, 0.1) is 13.7 Å². The molecule has 0 bridgehead atoms. The molecule has 2 atom stereocenters. The smallest absolute Gasteiger partial charge is 0.246 e. The lowest BCUT2D eigenvalue weighted by atomic mass is 9.98. The summed E-state index contributed by atoms with van der Waals surface area (Å²) in [7, 11) is 3.48. The molecule has 1 aliphatic heterocycles. The molecule has 1 aromatic heterocycles. The van der Waals surface area contributed by atoms with E-state index < -0.39 is 0 Å². The van der Waals surface area contributed by atoms with Crippen molar-refractivity contribution >= 4 is 5.96 Å². The second kappa shape index (κ2) is 9.54. The van der Waals surface area contributed by atoms with E-state index in [4.69, 9.17) is 14.0 Å². The van der Waals surface area contributed by atoms with Crippen LogP contribution in [0, 0.1) is 0 Å². The Morgan fingerprint density at radius 3 is 2.86 bits per heavy atom. The van der Waals surface area contributed by atoms with Crippen molar-refractivity contribution in [1.82, 2.24) is 20.4 Å². The first kappa shape index (κ1) is 20.1. The molecule has 1 aliphatic rings. The number of guanidine groups is 1. The molecule has 28 heavy (non-hydrogen) atoms. The van der Waals surface area contributed by atoms with Gasteiger partial charge in [-0.1, -0.05) is 17.3 Å². The normalized spacial score (nSPS) is 18.4. The minimum Gasteiger partial charge on any atom is -0.497 e. The lowest BCUT2D eigenvalue weighted by molar-refractivity contribution is 0.0683. The highest BCUT2D eigenvalue weighted by molar-refractivity contribution is 5.80. The number of methoxy groups -OCH3 is 1. The summed E-state index contributed by atoms with van der Waals surface area (Å²) in [6.07, 6.45) is 0.912. The number of benzene rings is 1. The van der Waals surface area contributed by atoms with E-state index in [0.29, 0.717) is 30.8 Å². The first-order valence-electron chi connectivity index (χ1n) is 9.68. The van der Waals surface area contributed by atoms with Crippen LogP contribution >= 0.6 is 0 Å². The molecule has 2 heterocycles. The van der Waals surface area contributed by atoms with Gasteiger partial charge in [-0.2, -0.15) is 4.98 Å².